The minimum atomic E-state index is -0.585. The Morgan fingerprint density at radius 1 is 0.632 bits per heavy atom. The second-order valence-corrected chi connectivity index (χ2v) is 10.7. The van der Waals surface area contributed by atoms with Crippen LogP contribution in [0.15, 0.2) is 48.5 Å². The molecule has 0 radical (unpaired) electrons. The maximum Gasteiger partial charge on any atom is 0.182 e. The topological polar surface area (TPSA) is 77.5 Å². The lowest BCUT2D eigenvalue weighted by Crippen LogP contribution is -2.54. The van der Waals surface area contributed by atoms with Gasteiger partial charge in [-0.1, -0.05) is 0 Å². The maximum absolute atomic E-state index is 13.1. The Morgan fingerprint density at radius 3 is 1.26 bits per heavy atom. The number of hydrogen-bond donors (Lipinski definition) is 0. The standard InChI is InChI=1S/C30H40N2O6/c1-29(2,31-13-17-35-18-14-31)27(33)23-5-9-25(10-6-23)37-21-22-38-26-11-7-24(8-12-26)28(34)30(3,4)32-15-19-36-20-16-32/h5-12H,13-22H2,1-4H3. The van der Waals surface area contributed by atoms with Gasteiger partial charge in [-0.25, -0.2) is 0 Å². The largest absolute Gasteiger partial charge is 0.490 e. The van der Waals surface area contributed by atoms with Crippen LogP contribution in [0.4, 0.5) is 0 Å². The third-order valence-electron chi connectivity index (χ3n) is 7.57. The highest BCUT2D eigenvalue weighted by Gasteiger charge is 2.37. The van der Waals surface area contributed by atoms with Crippen LogP contribution in [0.25, 0.3) is 0 Å². The van der Waals surface area contributed by atoms with Gasteiger partial charge >= 0.3 is 0 Å². The van der Waals surface area contributed by atoms with E-state index in [9.17, 15) is 9.59 Å². The first-order chi connectivity index (χ1) is 18.2. The monoisotopic (exact) mass is 524 g/mol. The number of ether oxygens (including phenoxy) is 4. The summed E-state index contributed by atoms with van der Waals surface area (Å²) in [7, 11) is 0. The van der Waals surface area contributed by atoms with Crippen molar-refractivity contribution in [2.45, 2.75) is 38.8 Å². The summed E-state index contributed by atoms with van der Waals surface area (Å²) in [5.41, 5.74) is 0.157. The van der Waals surface area contributed by atoms with Crippen LogP contribution in [0, 0.1) is 0 Å². The molecule has 0 bridgehead atoms. The molecule has 0 spiro atoms. The van der Waals surface area contributed by atoms with Crippen molar-refractivity contribution in [2.24, 2.45) is 0 Å². The molecule has 2 aromatic carbocycles. The van der Waals surface area contributed by atoms with E-state index in [1.54, 1.807) is 0 Å². The van der Waals surface area contributed by atoms with Gasteiger partial charge in [-0.2, -0.15) is 0 Å². The first-order valence-corrected chi connectivity index (χ1v) is 13.4. The lowest BCUT2D eigenvalue weighted by molar-refractivity contribution is -0.00443. The van der Waals surface area contributed by atoms with Gasteiger partial charge in [0.05, 0.1) is 37.5 Å². The number of rotatable bonds is 11. The molecule has 2 aliphatic heterocycles. The molecule has 38 heavy (non-hydrogen) atoms. The minimum absolute atomic E-state index is 0.0875. The molecular formula is C30H40N2O6. The van der Waals surface area contributed by atoms with Gasteiger partial charge in [0.1, 0.15) is 24.7 Å². The molecule has 8 nitrogen and oxygen atoms in total. The van der Waals surface area contributed by atoms with Gasteiger partial charge in [-0.05, 0) is 76.2 Å². The maximum atomic E-state index is 13.1. The normalized spacial score (nSPS) is 17.7. The predicted molar refractivity (Wildman–Crippen MR) is 145 cm³/mol. The smallest absolute Gasteiger partial charge is 0.182 e. The lowest BCUT2D eigenvalue weighted by Gasteiger charge is -2.39. The highest BCUT2D eigenvalue weighted by Crippen LogP contribution is 2.25. The van der Waals surface area contributed by atoms with Crippen molar-refractivity contribution >= 4 is 11.6 Å². The molecular weight excluding hydrogens is 484 g/mol. The Kier molecular flexibility index (Phi) is 9.20. The van der Waals surface area contributed by atoms with E-state index >= 15 is 0 Å². The number of carbonyl (C=O) groups is 2. The highest BCUT2D eigenvalue weighted by molar-refractivity contribution is 6.03. The van der Waals surface area contributed by atoms with Crippen LogP contribution in [0.2, 0.25) is 0 Å². The summed E-state index contributed by atoms with van der Waals surface area (Å²) in [6.07, 6.45) is 0. The fourth-order valence-electron chi connectivity index (χ4n) is 4.96. The molecule has 0 aromatic heterocycles. The summed E-state index contributed by atoms with van der Waals surface area (Å²) >= 11 is 0. The van der Waals surface area contributed by atoms with Crippen molar-refractivity contribution in [2.75, 3.05) is 65.8 Å². The van der Waals surface area contributed by atoms with Gasteiger partial charge < -0.3 is 18.9 Å². The fraction of sp³-hybridized carbons (Fsp3) is 0.533. The molecule has 0 atom stereocenters. The molecule has 2 aliphatic rings. The van der Waals surface area contributed by atoms with Gasteiger partial charge in [-0.15, -0.1) is 0 Å². The number of morpholine rings is 2. The van der Waals surface area contributed by atoms with E-state index in [-0.39, 0.29) is 11.6 Å². The summed E-state index contributed by atoms with van der Waals surface area (Å²) in [6, 6.07) is 14.5. The number of Topliss-reactive ketones (excluding diaryl/α,β-unsaturated/α-hetero) is 2. The first kappa shape index (κ1) is 28.2. The second kappa shape index (κ2) is 12.4. The molecule has 2 aromatic rings. The summed E-state index contributed by atoms with van der Waals surface area (Å²) < 4.78 is 22.5. The minimum Gasteiger partial charge on any atom is -0.490 e. The van der Waals surface area contributed by atoms with Crippen molar-refractivity contribution in [3.05, 3.63) is 59.7 Å². The summed E-state index contributed by atoms with van der Waals surface area (Å²) in [5.74, 6) is 1.54. The lowest BCUT2D eigenvalue weighted by atomic mass is 9.91. The Balaban J connectivity index is 1.23. The summed E-state index contributed by atoms with van der Waals surface area (Å²) in [5, 5.41) is 0. The van der Waals surface area contributed by atoms with Crippen molar-refractivity contribution < 1.29 is 28.5 Å². The van der Waals surface area contributed by atoms with Crippen molar-refractivity contribution in [1.82, 2.24) is 9.80 Å². The van der Waals surface area contributed by atoms with Gasteiger partial charge in [-0.3, -0.25) is 19.4 Å². The van der Waals surface area contributed by atoms with Crippen LogP contribution in [0.3, 0.4) is 0 Å². The van der Waals surface area contributed by atoms with Crippen LogP contribution in [0.5, 0.6) is 11.5 Å². The average molecular weight is 525 g/mol. The molecule has 0 amide bonds. The van der Waals surface area contributed by atoms with Crippen LogP contribution in [-0.4, -0.2) is 98.3 Å². The van der Waals surface area contributed by atoms with Gasteiger partial charge in [0.25, 0.3) is 0 Å². The van der Waals surface area contributed by atoms with E-state index in [0.29, 0.717) is 62.3 Å². The van der Waals surface area contributed by atoms with Crippen LogP contribution < -0.4 is 9.47 Å². The van der Waals surface area contributed by atoms with Gasteiger partial charge in [0.2, 0.25) is 0 Å². The Labute approximate surface area is 225 Å². The van der Waals surface area contributed by atoms with Crippen molar-refractivity contribution in [1.29, 1.82) is 0 Å². The molecule has 0 unspecified atom stereocenters. The van der Waals surface area contributed by atoms with Gasteiger partial charge in [0.15, 0.2) is 11.6 Å². The zero-order chi connectivity index (χ0) is 27.2. The quantitative estimate of drug-likeness (QED) is 0.325. The molecule has 2 heterocycles. The van der Waals surface area contributed by atoms with Crippen LogP contribution in [-0.2, 0) is 9.47 Å². The van der Waals surface area contributed by atoms with Crippen LogP contribution in [0.1, 0.15) is 48.4 Å². The zero-order valence-corrected chi connectivity index (χ0v) is 23.0. The number of hydrogen-bond acceptors (Lipinski definition) is 8. The molecule has 0 N–H and O–H groups in total. The average Bonchev–Trinajstić information content (AvgIpc) is 2.96. The predicted octanol–water partition coefficient (Wildman–Crippen LogP) is 3.73. The van der Waals surface area contributed by atoms with Crippen LogP contribution >= 0.6 is 0 Å². The van der Waals surface area contributed by atoms with E-state index in [0.717, 1.165) is 26.2 Å². The molecule has 4 rings (SSSR count). The number of ketones is 2. The third-order valence-corrected chi connectivity index (χ3v) is 7.57. The molecule has 2 fully saturated rings. The second-order valence-electron chi connectivity index (χ2n) is 10.7. The van der Waals surface area contributed by atoms with E-state index in [1.807, 2.05) is 76.2 Å². The highest BCUT2D eigenvalue weighted by atomic mass is 16.5. The number of carbonyl (C=O) groups excluding carboxylic acids is 2. The SMILES string of the molecule is CC(C)(C(=O)c1ccc(OCCOc2ccc(C(=O)C(C)(C)N3CCOCC3)cc2)cc1)N1CCOCC1. The Hall–Kier alpha value is -2.78. The zero-order valence-electron chi connectivity index (χ0n) is 23.0. The first-order valence-electron chi connectivity index (χ1n) is 13.4. The Morgan fingerprint density at radius 2 is 0.947 bits per heavy atom. The molecule has 2 saturated heterocycles. The number of nitrogens with zero attached hydrogens (tertiary/aromatic N) is 2. The molecule has 0 aliphatic carbocycles. The fourth-order valence-corrected chi connectivity index (χ4v) is 4.96. The summed E-state index contributed by atoms with van der Waals surface area (Å²) in [6.45, 7) is 14.2. The summed E-state index contributed by atoms with van der Waals surface area (Å²) in [4.78, 5) is 30.6. The molecule has 0 saturated carbocycles. The number of benzene rings is 2. The van der Waals surface area contributed by atoms with Crippen molar-refractivity contribution in [3.63, 3.8) is 0 Å². The van der Waals surface area contributed by atoms with Gasteiger partial charge in [0, 0.05) is 37.3 Å². The van der Waals surface area contributed by atoms with Crippen molar-refractivity contribution in [3.8, 4) is 11.5 Å². The Bertz CT molecular complexity index is 981. The molecule has 206 valence electrons. The van der Waals surface area contributed by atoms with E-state index in [1.165, 1.54) is 0 Å². The van der Waals surface area contributed by atoms with E-state index in [2.05, 4.69) is 9.80 Å². The van der Waals surface area contributed by atoms with E-state index < -0.39 is 11.1 Å². The van der Waals surface area contributed by atoms with E-state index in [4.69, 9.17) is 18.9 Å². The molecule has 8 heteroatoms. The third kappa shape index (κ3) is 6.61.